The van der Waals surface area contributed by atoms with Gasteiger partial charge in [0.1, 0.15) is 0 Å². The molecule has 0 spiro atoms. The molecule has 0 amide bonds. The summed E-state index contributed by atoms with van der Waals surface area (Å²) in [5, 5.41) is 2.09. The van der Waals surface area contributed by atoms with Crippen molar-refractivity contribution in [3.63, 3.8) is 0 Å². The second kappa shape index (κ2) is 13.1. The first-order valence-electron chi connectivity index (χ1n) is 13.8. The van der Waals surface area contributed by atoms with Gasteiger partial charge in [-0.05, 0) is 47.9 Å². The Morgan fingerprint density at radius 1 is 0.690 bits per heavy atom. The number of pyridine rings is 2. The van der Waals surface area contributed by atoms with Crippen LogP contribution >= 0.6 is 0 Å². The van der Waals surface area contributed by atoms with E-state index < -0.39 is 0 Å². The van der Waals surface area contributed by atoms with Gasteiger partial charge in [0.25, 0.3) is 0 Å². The van der Waals surface area contributed by atoms with Gasteiger partial charge in [0.05, 0.1) is 0 Å². The van der Waals surface area contributed by atoms with Crippen LogP contribution in [0.25, 0.3) is 55.6 Å². The van der Waals surface area contributed by atoms with Crippen molar-refractivity contribution in [3.8, 4) is 33.5 Å². The Labute approximate surface area is 260 Å². The van der Waals surface area contributed by atoms with E-state index >= 15 is 0 Å². The van der Waals surface area contributed by atoms with Crippen LogP contribution in [0.3, 0.4) is 0 Å². The van der Waals surface area contributed by atoms with Crippen molar-refractivity contribution in [3.05, 3.63) is 145 Å². The predicted octanol–water partition coefficient (Wildman–Crippen LogP) is 9.89. The zero-order valence-electron chi connectivity index (χ0n) is 23.7. The monoisotopic (exact) mass is 722 g/mol. The molecule has 0 aliphatic carbocycles. The molecule has 0 saturated carbocycles. The average Bonchev–Trinajstić information content (AvgIpc) is 3.40. The largest absolute Gasteiger partial charge is 3.00 e. The number of aromatic nitrogens is 2. The molecule has 3 heterocycles. The van der Waals surface area contributed by atoms with E-state index in [2.05, 4.69) is 84.5 Å². The second-order valence-electron chi connectivity index (χ2n) is 10.3. The van der Waals surface area contributed by atoms with Crippen LogP contribution in [-0.2, 0) is 20.1 Å². The van der Waals surface area contributed by atoms with Gasteiger partial charge in [-0.25, -0.2) is 10.5 Å². The minimum Gasteiger partial charge on any atom is -0.496 e. The Morgan fingerprint density at radius 2 is 1.48 bits per heavy atom. The molecular formula is C38H29IrN2O. The fourth-order valence-electron chi connectivity index (χ4n) is 4.84. The zero-order chi connectivity index (χ0) is 28.2. The maximum Gasteiger partial charge on any atom is 3.00 e. The van der Waals surface area contributed by atoms with Crippen LogP contribution < -0.4 is 0 Å². The van der Waals surface area contributed by atoms with E-state index in [4.69, 9.17) is 4.42 Å². The third-order valence-corrected chi connectivity index (χ3v) is 7.07. The van der Waals surface area contributed by atoms with Crippen molar-refractivity contribution in [1.82, 2.24) is 9.97 Å². The topological polar surface area (TPSA) is 38.9 Å². The minimum absolute atomic E-state index is 0. The molecule has 7 rings (SSSR count). The molecule has 0 fully saturated rings. The minimum atomic E-state index is 0. The van der Waals surface area contributed by atoms with Gasteiger partial charge in [0, 0.05) is 22.9 Å². The molecular weight excluding hydrogens is 693 g/mol. The number of nitrogens with zero attached hydrogens (tertiary/aromatic N) is 2. The van der Waals surface area contributed by atoms with E-state index in [-0.39, 0.29) is 20.1 Å². The molecule has 3 aromatic heterocycles. The average molecular weight is 722 g/mol. The van der Waals surface area contributed by atoms with Crippen molar-refractivity contribution in [2.24, 2.45) is 0 Å². The molecule has 3 nitrogen and oxygen atoms in total. The first-order valence-corrected chi connectivity index (χ1v) is 13.8. The molecule has 4 heteroatoms. The van der Waals surface area contributed by atoms with Gasteiger partial charge in [-0.15, -0.1) is 53.6 Å². The Balaban J connectivity index is 0.000000228. The third kappa shape index (κ3) is 6.26. The van der Waals surface area contributed by atoms with Gasteiger partial charge < -0.3 is 9.40 Å². The van der Waals surface area contributed by atoms with Crippen molar-refractivity contribution >= 4 is 22.1 Å². The van der Waals surface area contributed by atoms with Gasteiger partial charge >= 0.3 is 20.1 Å². The SMILES string of the molecule is Cc1ccc2c(n1)oc1c(-c3[c-]ccc(-c4ccc(C(C)C)cc4)c3)[c-]ccc12.[Ir+3].[c-]1ccccc1-c1ccccn1. The van der Waals surface area contributed by atoms with Gasteiger partial charge in [-0.3, -0.25) is 0 Å². The summed E-state index contributed by atoms with van der Waals surface area (Å²) in [6.07, 6.45) is 1.79. The number of aryl methyl sites for hydroxylation is 1. The number of benzene rings is 4. The maximum atomic E-state index is 6.14. The van der Waals surface area contributed by atoms with Crippen LogP contribution in [0.15, 0.2) is 120 Å². The van der Waals surface area contributed by atoms with E-state index in [0.29, 0.717) is 11.6 Å². The van der Waals surface area contributed by atoms with Crippen LogP contribution in [0.5, 0.6) is 0 Å². The summed E-state index contributed by atoms with van der Waals surface area (Å²) in [6, 6.07) is 46.6. The quantitative estimate of drug-likeness (QED) is 0.170. The maximum absolute atomic E-state index is 6.14. The van der Waals surface area contributed by atoms with E-state index in [1.165, 1.54) is 11.1 Å². The first-order chi connectivity index (χ1) is 20.1. The van der Waals surface area contributed by atoms with Crippen LogP contribution in [-0.4, -0.2) is 9.97 Å². The summed E-state index contributed by atoms with van der Waals surface area (Å²) >= 11 is 0. The molecule has 7 aromatic rings. The smallest absolute Gasteiger partial charge is 0.496 e. The Hall–Kier alpha value is -4.37. The molecule has 0 aliphatic heterocycles. The van der Waals surface area contributed by atoms with Crippen LogP contribution in [0.4, 0.5) is 0 Å². The van der Waals surface area contributed by atoms with Crippen molar-refractivity contribution in [2.75, 3.05) is 0 Å². The predicted molar refractivity (Wildman–Crippen MR) is 167 cm³/mol. The molecule has 0 N–H and O–H groups in total. The molecule has 4 aromatic carbocycles. The Morgan fingerprint density at radius 3 is 2.21 bits per heavy atom. The van der Waals surface area contributed by atoms with Crippen LogP contribution in [0, 0.1) is 25.1 Å². The molecule has 0 unspecified atom stereocenters. The molecule has 0 aliphatic rings. The summed E-state index contributed by atoms with van der Waals surface area (Å²) in [5.74, 6) is 0.529. The fourth-order valence-corrected chi connectivity index (χ4v) is 4.84. The molecule has 0 atom stereocenters. The standard InChI is InChI=1S/C27H21NO.C11H8N.Ir/c1-17(2)19-11-13-20(14-12-19)21-6-4-7-22(16-21)23-8-5-9-24-25-15-10-18(3)28-27(25)29-26(23)24;1-2-6-10(7-3-1)11-8-4-5-9-12-11;/h4-6,9-17H,1-3H3;1-6,8-9H;/q-2;-1;+3. The van der Waals surface area contributed by atoms with E-state index in [0.717, 1.165) is 50.0 Å². The van der Waals surface area contributed by atoms with Gasteiger partial charge in [-0.1, -0.05) is 55.6 Å². The zero-order valence-corrected chi connectivity index (χ0v) is 26.1. The van der Waals surface area contributed by atoms with Crippen LogP contribution in [0.1, 0.15) is 31.0 Å². The number of fused-ring (bicyclic) bond motifs is 3. The molecule has 42 heavy (non-hydrogen) atoms. The summed E-state index contributed by atoms with van der Waals surface area (Å²) < 4.78 is 6.14. The summed E-state index contributed by atoms with van der Waals surface area (Å²) in [6.45, 7) is 6.40. The van der Waals surface area contributed by atoms with Crippen molar-refractivity contribution < 1.29 is 24.5 Å². The summed E-state index contributed by atoms with van der Waals surface area (Å²) in [5.41, 5.74) is 10.0. The van der Waals surface area contributed by atoms with Crippen molar-refractivity contribution in [1.29, 1.82) is 0 Å². The first kappa shape index (κ1) is 29.1. The molecule has 0 radical (unpaired) electrons. The number of hydrogen-bond donors (Lipinski definition) is 0. The molecule has 206 valence electrons. The normalized spacial score (nSPS) is 10.8. The third-order valence-electron chi connectivity index (χ3n) is 7.07. The van der Waals surface area contributed by atoms with Crippen LogP contribution in [0.2, 0.25) is 0 Å². The second-order valence-corrected chi connectivity index (χ2v) is 10.3. The molecule has 0 saturated heterocycles. The van der Waals surface area contributed by atoms with Gasteiger partial charge in [-0.2, -0.15) is 35.9 Å². The van der Waals surface area contributed by atoms with E-state index in [1.807, 2.05) is 73.7 Å². The summed E-state index contributed by atoms with van der Waals surface area (Å²) in [4.78, 5) is 8.76. The Bertz CT molecular complexity index is 1870. The molecule has 0 bridgehead atoms. The van der Waals surface area contributed by atoms with E-state index in [1.54, 1.807) is 6.20 Å². The van der Waals surface area contributed by atoms with Crippen molar-refractivity contribution in [2.45, 2.75) is 26.7 Å². The fraction of sp³-hybridized carbons (Fsp3) is 0.105. The van der Waals surface area contributed by atoms with E-state index in [9.17, 15) is 0 Å². The number of rotatable bonds is 4. The Kier molecular flexibility index (Phi) is 9.07. The van der Waals surface area contributed by atoms with Gasteiger partial charge in [0.2, 0.25) is 5.71 Å². The number of furan rings is 1. The van der Waals surface area contributed by atoms with Gasteiger partial charge in [0.15, 0.2) is 0 Å². The summed E-state index contributed by atoms with van der Waals surface area (Å²) in [7, 11) is 0. The number of hydrogen-bond acceptors (Lipinski definition) is 3.